The number of rotatable bonds is 5. The molecule has 1 nitrogen and oxygen atoms in total. The van der Waals surface area contributed by atoms with Gasteiger partial charge in [-0.25, -0.2) is 0 Å². The molecule has 0 amide bonds. The summed E-state index contributed by atoms with van der Waals surface area (Å²) in [6, 6.07) is 13.0. The van der Waals surface area contributed by atoms with Crippen molar-refractivity contribution in [3.05, 3.63) is 47.1 Å². The van der Waals surface area contributed by atoms with Crippen LogP contribution in [0.2, 0.25) is 15.8 Å². The number of nitrogens with zero attached hydrogens (tertiary/aromatic N) is 1. The second-order valence-electron chi connectivity index (χ2n) is 5.28. The number of aromatic nitrogens is 1. The van der Waals surface area contributed by atoms with Crippen LogP contribution in [0.4, 0.5) is 0 Å². The van der Waals surface area contributed by atoms with Gasteiger partial charge in [-0.3, -0.25) is 0 Å². The minimum atomic E-state index is -1.88. The number of halogens is 1. The maximum atomic E-state index is 4.58. The Bertz CT molecular complexity index is 570. The van der Waals surface area contributed by atoms with Gasteiger partial charge in [-0.2, -0.15) is 0 Å². The topological polar surface area (TPSA) is 12.9 Å². The van der Waals surface area contributed by atoms with E-state index < -0.39 is 13.3 Å². The van der Waals surface area contributed by atoms with Gasteiger partial charge >= 0.3 is 133 Å². The number of pyridine rings is 1. The van der Waals surface area contributed by atoms with E-state index in [0.717, 1.165) is 10.2 Å². The van der Waals surface area contributed by atoms with E-state index in [-0.39, 0.29) is 0 Å². The Morgan fingerprint density at radius 2 is 1.70 bits per heavy atom. The van der Waals surface area contributed by atoms with Crippen molar-refractivity contribution in [2.75, 3.05) is 0 Å². The van der Waals surface area contributed by atoms with E-state index in [1.54, 1.807) is 4.40 Å². The van der Waals surface area contributed by atoms with Crippen molar-refractivity contribution in [2.45, 2.75) is 36.5 Å². The third-order valence-corrected chi connectivity index (χ3v) is 16.8. The first-order valence-corrected chi connectivity index (χ1v) is 13.7. The molecule has 0 saturated carbocycles. The molecule has 1 heterocycles. The predicted octanol–water partition coefficient (Wildman–Crippen LogP) is 5.23. The summed E-state index contributed by atoms with van der Waals surface area (Å²) in [6.45, 7) is 7.10. The Kier molecular flexibility index (Phi) is 5.44. The molecular weight excluding hydrogens is 371 g/mol. The zero-order valence-electron chi connectivity index (χ0n) is 12.5. The van der Waals surface area contributed by atoms with E-state index >= 15 is 0 Å². The van der Waals surface area contributed by atoms with E-state index in [1.807, 2.05) is 6.20 Å². The molecule has 0 N–H and O–H groups in total. The third-order valence-electron chi connectivity index (χ3n) is 4.52. The molecule has 0 bridgehead atoms. The molecule has 106 valence electrons. The number of hydrogen-bond donors (Lipinski definition) is 0. The summed E-state index contributed by atoms with van der Waals surface area (Å²) in [7, 11) is 0. The van der Waals surface area contributed by atoms with Gasteiger partial charge in [0.25, 0.3) is 0 Å². The van der Waals surface area contributed by atoms with Crippen LogP contribution in [0.25, 0.3) is 11.3 Å². The molecule has 0 atom stereocenters. The van der Waals surface area contributed by atoms with Crippen LogP contribution in [0.1, 0.15) is 20.8 Å². The fourth-order valence-corrected chi connectivity index (χ4v) is 10.9. The molecule has 2 aromatic rings. The average Bonchev–Trinajstić information content (AvgIpc) is 2.50. The number of benzene rings is 1. The van der Waals surface area contributed by atoms with Crippen LogP contribution in [0, 0.1) is 0 Å². The molecule has 20 heavy (non-hydrogen) atoms. The molecular formula is C17H22BrGeN. The summed E-state index contributed by atoms with van der Waals surface area (Å²) < 4.78 is 2.71. The maximum absolute atomic E-state index is 4.58. The van der Waals surface area contributed by atoms with Gasteiger partial charge in [-0.1, -0.05) is 0 Å². The van der Waals surface area contributed by atoms with Gasteiger partial charge in [0.05, 0.1) is 0 Å². The zero-order chi connectivity index (χ0) is 14.6. The summed E-state index contributed by atoms with van der Waals surface area (Å²) in [6.07, 6.45) is 1.99. The summed E-state index contributed by atoms with van der Waals surface area (Å²) in [4.78, 5) is 4.58. The molecule has 0 radical (unpaired) electrons. The van der Waals surface area contributed by atoms with Gasteiger partial charge in [0.1, 0.15) is 0 Å². The van der Waals surface area contributed by atoms with Crippen LogP contribution in [0.15, 0.2) is 47.1 Å². The molecule has 0 aliphatic carbocycles. The SMILES string of the molecule is C[CH2][Ge]([CH2]C)([CH2]C)[c]1ccnc(-c2cccc(Br)c2)c1. The van der Waals surface area contributed by atoms with Crippen molar-refractivity contribution in [3.8, 4) is 11.3 Å². The summed E-state index contributed by atoms with van der Waals surface area (Å²) >= 11 is 1.66. The Balaban J connectivity index is 2.47. The van der Waals surface area contributed by atoms with Gasteiger partial charge < -0.3 is 0 Å². The monoisotopic (exact) mass is 393 g/mol. The Hall–Kier alpha value is -0.607. The molecule has 1 aromatic heterocycles. The molecule has 3 heteroatoms. The molecule has 0 aliphatic heterocycles. The second-order valence-corrected chi connectivity index (χ2v) is 17.2. The first-order chi connectivity index (χ1) is 9.65. The zero-order valence-corrected chi connectivity index (χ0v) is 16.2. The molecule has 0 aliphatic rings. The van der Waals surface area contributed by atoms with Crippen molar-refractivity contribution in [1.29, 1.82) is 0 Å². The van der Waals surface area contributed by atoms with Crippen LogP contribution in [-0.4, -0.2) is 18.3 Å². The van der Waals surface area contributed by atoms with Gasteiger partial charge in [-0.15, -0.1) is 0 Å². The molecule has 0 saturated heterocycles. The predicted molar refractivity (Wildman–Crippen MR) is 94.2 cm³/mol. The van der Waals surface area contributed by atoms with Crippen LogP contribution in [0.3, 0.4) is 0 Å². The van der Waals surface area contributed by atoms with Gasteiger partial charge in [-0.05, 0) is 0 Å². The Morgan fingerprint density at radius 1 is 1.00 bits per heavy atom. The molecule has 0 spiro atoms. The Labute approximate surface area is 133 Å². The summed E-state index contributed by atoms with van der Waals surface area (Å²) in [5.41, 5.74) is 2.30. The standard InChI is InChI=1S/C17H22BrGeN/c1-4-19(5-2,6-3)16-10-11-20-17(13-16)14-8-7-9-15(18)12-14/h7-13H,4-6H2,1-3H3. The fourth-order valence-electron chi connectivity index (χ4n) is 2.93. The van der Waals surface area contributed by atoms with E-state index in [9.17, 15) is 0 Å². The van der Waals surface area contributed by atoms with E-state index in [0.29, 0.717) is 0 Å². The van der Waals surface area contributed by atoms with Crippen LogP contribution in [-0.2, 0) is 0 Å². The summed E-state index contributed by atoms with van der Waals surface area (Å²) in [5, 5.41) is 4.07. The van der Waals surface area contributed by atoms with E-state index in [4.69, 9.17) is 0 Å². The van der Waals surface area contributed by atoms with Crippen molar-refractivity contribution in [3.63, 3.8) is 0 Å². The van der Waals surface area contributed by atoms with Gasteiger partial charge in [0, 0.05) is 0 Å². The van der Waals surface area contributed by atoms with Gasteiger partial charge in [0.2, 0.25) is 0 Å². The Morgan fingerprint density at radius 3 is 2.30 bits per heavy atom. The van der Waals surface area contributed by atoms with Crippen molar-refractivity contribution >= 4 is 33.6 Å². The average molecular weight is 393 g/mol. The fraction of sp³-hybridized carbons (Fsp3) is 0.353. The number of hydrogen-bond acceptors (Lipinski definition) is 1. The second kappa shape index (κ2) is 6.90. The molecule has 2 rings (SSSR count). The van der Waals surface area contributed by atoms with Crippen LogP contribution in [0.5, 0.6) is 0 Å². The third kappa shape index (κ3) is 3.17. The first kappa shape index (κ1) is 15.8. The molecule has 1 aromatic carbocycles. The van der Waals surface area contributed by atoms with E-state index in [2.05, 4.69) is 78.1 Å². The van der Waals surface area contributed by atoms with E-state index in [1.165, 1.54) is 21.3 Å². The van der Waals surface area contributed by atoms with Gasteiger partial charge in [0.15, 0.2) is 0 Å². The van der Waals surface area contributed by atoms with Crippen LogP contribution >= 0.6 is 15.9 Å². The quantitative estimate of drug-likeness (QED) is 0.635. The van der Waals surface area contributed by atoms with Crippen molar-refractivity contribution in [1.82, 2.24) is 4.98 Å². The van der Waals surface area contributed by atoms with Crippen LogP contribution < -0.4 is 4.40 Å². The molecule has 0 fully saturated rings. The summed E-state index contributed by atoms with van der Waals surface area (Å²) in [5.74, 6) is 0. The minimum absolute atomic E-state index is 1.11. The van der Waals surface area contributed by atoms with Crippen molar-refractivity contribution < 1.29 is 0 Å². The van der Waals surface area contributed by atoms with Crippen molar-refractivity contribution in [2.24, 2.45) is 0 Å². The molecule has 0 unspecified atom stereocenters. The normalized spacial score (nSPS) is 11.6. The first-order valence-electron chi connectivity index (χ1n) is 7.37.